The highest BCUT2D eigenvalue weighted by atomic mass is 16.2. The lowest BCUT2D eigenvalue weighted by atomic mass is 10.3. The standard InChI is InChI=1S/C6H13N3O/c1-5(2)4-8-9(3)6(7)10/h4-5H,1-3H3,(H2,7,10)/b8-4+. The largest absolute Gasteiger partial charge is 0.350 e. The van der Waals surface area contributed by atoms with Gasteiger partial charge in [-0.15, -0.1) is 0 Å². The van der Waals surface area contributed by atoms with Crippen LogP contribution in [0, 0.1) is 5.92 Å². The van der Waals surface area contributed by atoms with Crippen molar-refractivity contribution in [3.05, 3.63) is 0 Å². The molecule has 4 heteroatoms. The fourth-order valence-electron chi connectivity index (χ4n) is 0.290. The second-order valence-corrected chi connectivity index (χ2v) is 2.37. The number of hydrogen-bond acceptors (Lipinski definition) is 2. The number of hydrazone groups is 1. The highest BCUT2D eigenvalue weighted by Gasteiger charge is 1.97. The maximum absolute atomic E-state index is 10.3. The molecular formula is C6H13N3O. The summed E-state index contributed by atoms with van der Waals surface area (Å²) in [4.78, 5) is 10.3. The molecule has 0 aliphatic rings. The Bertz CT molecular complexity index is 142. The molecule has 0 rings (SSSR count). The Morgan fingerprint density at radius 1 is 1.70 bits per heavy atom. The van der Waals surface area contributed by atoms with E-state index >= 15 is 0 Å². The molecule has 0 aliphatic carbocycles. The van der Waals surface area contributed by atoms with Crippen LogP contribution in [0.1, 0.15) is 13.8 Å². The number of nitrogens with two attached hydrogens (primary N) is 1. The zero-order valence-electron chi connectivity index (χ0n) is 6.53. The summed E-state index contributed by atoms with van der Waals surface area (Å²) in [7, 11) is 1.52. The van der Waals surface area contributed by atoms with Crippen molar-refractivity contribution in [1.29, 1.82) is 0 Å². The van der Waals surface area contributed by atoms with Gasteiger partial charge in [0.2, 0.25) is 0 Å². The fraction of sp³-hybridized carbons (Fsp3) is 0.667. The molecule has 0 spiro atoms. The van der Waals surface area contributed by atoms with Gasteiger partial charge in [0.05, 0.1) is 0 Å². The third-order valence-corrected chi connectivity index (χ3v) is 0.857. The lowest BCUT2D eigenvalue weighted by Gasteiger charge is -2.05. The average Bonchev–Trinajstić information content (AvgIpc) is 1.82. The average molecular weight is 143 g/mol. The minimum Gasteiger partial charge on any atom is -0.350 e. The van der Waals surface area contributed by atoms with Crippen molar-refractivity contribution < 1.29 is 4.79 Å². The number of rotatable bonds is 2. The molecule has 0 unspecified atom stereocenters. The van der Waals surface area contributed by atoms with Crippen molar-refractivity contribution in [3.63, 3.8) is 0 Å². The van der Waals surface area contributed by atoms with Crippen LogP contribution in [-0.2, 0) is 0 Å². The van der Waals surface area contributed by atoms with Crippen molar-refractivity contribution in [3.8, 4) is 0 Å². The van der Waals surface area contributed by atoms with Gasteiger partial charge in [-0.3, -0.25) is 0 Å². The van der Waals surface area contributed by atoms with Crippen LogP contribution in [0.5, 0.6) is 0 Å². The number of nitrogens with zero attached hydrogens (tertiary/aromatic N) is 2. The molecule has 0 saturated carbocycles. The van der Waals surface area contributed by atoms with Gasteiger partial charge in [-0.2, -0.15) is 5.10 Å². The number of hydrogen-bond donors (Lipinski definition) is 1. The van der Waals surface area contributed by atoms with Crippen LogP contribution in [0.4, 0.5) is 4.79 Å². The van der Waals surface area contributed by atoms with E-state index in [1.807, 2.05) is 13.8 Å². The first-order valence-electron chi connectivity index (χ1n) is 3.11. The molecule has 58 valence electrons. The molecule has 0 saturated heterocycles. The van der Waals surface area contributed by atoms with Crippen LogP contribution in [-0.4, -0.2) is 24.3 Å². The van der Waals surface area contributed by atoms with Gasteiger partial charge < -0.3 is 5.73 Å². The number of amides is 2. The van der Waals surface area contributed by atoms with E-state index in [1.54, 1.807) is 6.21 Å². The summed E-state index contributed by atoms with van der Waals surface area (Å²) in [5.74, 6) is 0.335. The van der Waals surface area contributed by atoms with Crippen molar-refractivity contribution in [2.45, 2.75) is 13.8 Å². The molecule has 0 aromatic carbocycles. The number of urea groups is 1. The van der Waals surface area contributed by atoms with Crippen LogP contribution in [0.25, 0.3) is 0 Å². The minimum atomic E-state index is -0.545. The van der Waals surface area contributed by atoms with Gasteiger partial charge in [0.25, 0.3) is 0 Å². The Hall–Kier alpha value is -1.06. The van der Waals surface area contributed by atoms with Crippen molar-refractivity contribution >= 4 is 12.2 Å². The summed E-state index contributed by atoms with van der Waals surface area (Å²) in [5.41, 5.74) is 4.90. The number of primary amides is 1. The molecule has 0 radical (unpaired) electrons. The Balaban J connectivity index is 3.77. The van der Waals surface area contributed by atoms with Gasteiger partial charge in [0, 0.05) is 13.3 Å². The zero-order chi connectivity index (χ0) is 8.15. The first kappa shape index (κ1) is 8.94. The van der Waals surface area contributed by atoms with E-state index < -0.39 is 6.03 Å². The number of carbonyl (C=O) groups excluding carboxylic acids is 1. The van der Waals surface area contributed by atoms with Crippen LogP contribution in [0.3, 0.4) is 0 Å². The molecule has 0 aromatic rings. The van der Waals surface area contributed by atoms with E-state index in [2.05, 4.69) is 5.10 Å². The molecule has 0 bridgehead atoms. The molecule has 0 aromatic heterocycles. The van der Waals surface area contributed by atoms with Crippen molar-refractivity contribution in [2.75, 3.05) is 7.05 Å². The Morgan fingerprint density at radius 3 is 2.50 bits per heavy atom. The van der Waals surface area contributed by atoms with Crippen LogP contribution in [0.2, 0.25) is 0 Å². The van der Waals surface area contributed by atoms with Crippen LogP contribution < -0.4 is 5.73 Å². The normalized spacial score (nSPS) is 10.8. The van der Waals surface area contributed by atoms with Crippen molar-refractivity contribution in [2.24, 2.45) is 16.8 Å². The molecule has 0 fully saturated rings. The minimum absolute atomic E-state index is 0.335. The maximum atomic E-state index is 10.3. The van der Waals surface area contributed by atoms with Crippen LogP contribution >= 0.6 is 0 Å². The molecule has 0 atom stereocenters. The summed E-state index contributed by atoms with van der Waals surface area (Å²) >= 11 is 0. The van der Waals surface area contributed by atoms with E-state index in [0.717, 1.165) is 5.01 Å². The van der Waals surface area contributed by atoms with E-state index in [-0.39, 0.29) is 0 Å². The first-order valence-corrected chi connectivity index (χ1v) is 3.11. The fourth-order valence-corrected chi connectivity index (χ4v) is 0.290. The van der Waals surface area contributed by atoms with Gasteiger partial charge in [-0.05, 0) is 5.92 Å². The van der Waals surface area contributed by atoms with Gasteiger partial charge in [-0.25, -0.2) is 9.80 Å². The monoisotopic (exact) mass is 143 g/mol. The van der Waals surface area contributed by atoms with Crippen LogP contribution in [0.15, 0.2) is 5.10 Å². The van der Waals surface area contributed by atoms with Gasteiger partial charge in [-0.1, -0.05) is 13.8 Å². The molecular weight excluding hydrogens is 130 g/mol. The quantitative estimate of drug-likeness (QED) is 0.447. The van der Waals surface area contributed by atoms with Gasteiger partial charge >= 0.3 is 6.03 Å². The summed E-state index contributed by atoms with van der Waals surface area (Å²) in [6.45, 7) is 3.94. The third kappa shape index (κ3) is 3.88. The SMILES string of the molecule is CC(C)/C=N/N(C)C(N)=O. The van der Waals surface area contributed by atoms with E-state index in [0.29, 0.717) is 5.92 Å². The van der Waals surface area contributed by atoms with Gasteiger partial charge in [0.1, 0.15) is 0 Å². The second-order valence-electron chi connectivity index (χ2n) is 2.37. The predicted molar refractivity (Wildman–Crippen MR) is 40.7 cm³/mol. The van der Waals surface area contributed by atoms with Gasteiger partial charge in [0.15, 0.2) is 0 Å². The number of carbonyl (C=O) groups is 1. The summed E-state index contributed by atoms with van der Waals surface area (Å²) < 4.78 is 0. The Morgan fingerprint density at radius 2 is 2.20 bits per heavy atom. The van der Waals surface area contributed by atoms with E-state index in [1.165, 1.54) is 7.05 Å². The lowest BCUT2D eigenvalue weighted by molar-refractivity contribution is 0.220. The lowest BCUT2D eigenvalue weighted by Crippen LogP contribution is -2.27. The smallest absolute Gasteiger partial charge is 0.334 e. The maximum Gasteiger partial charge on any atom is 0.334 e. The molecule has 0 heterocycles. The first-order chi connectivity index (χ1) is 4.54. The second kappa shape index (κ2) is 3.87. The summed E-state index contributed by atoms with van der Waals surface area (Å²) in [6.07, 6.45) is 1.66. The van der Waals surface area contributed by atoms with Crippen molar-refractivity contribution in [1.82, 2.24) is 5.01 Å². The Kier molecular flexibility index (Phi) is 3.46. The molecule has 0 aliphatic heterocycles. The third-order valence-electron chi connectivity index (χ3n) is 0.857. The topological polar surface area (TPSA) is 58.7 Å². The van der Waals surface area contributed by atoms with E-state index in [9.17, 15) is 4.79 Å². The molecule has 4 nitrogen and oxygen atoms in total. The zero-order valence-corrected chi connectivity index (χ0v) is 6.53. The highest BCUT2D eigenvalue weighted by Crippen LogP contribution is 1.87. The predicted octanol–water partition coefficient (Wildman–Crippen LogP) is 0.639. The molecule has 2 amide bonds. The highest BCUT2D eigenvalue weighted by molar-refractivity contribution is 5.73. The Labute approximate surface area is 60.7 Å². The molecule has 10 heavy (non-hydrogen) atoms. The van der Waals surface area contributed by atoms with E-state index in [4.69, 9.17) is 5.73 Å². The summed E-state index contributed by atoms with van der Waals surface area (Å²) in [6, 6.07) is -0.545. The molecule has 2 N–H and O–H groups in total. The summed E-state index contributed by atoms with van der Waals surface area (Å²) in [5, 5.41) is 4.85.